The van der Waals surface area contributed by atoms with E-state index in [1.165, 1.54) is 12.1 Å². The molecule has 7 heteroatoms. The number of fused-ring (bicyclic) bond motifs is 2. The molecule has 110 valence electrons. The Hall–Kier alpha value is -1.86. The van der Waals surface area contributed by atoms with E-state index in [9.17, 15) is 14.0 Å². The summed E-state index contributed by atoms with van der Waals surface area (Å²) in [6.45, 7) is -0.0997. The fourth-order valence-electron chi connectivity index (χ4n) is 2.61. The van der Waals surface area contributed by atoms with E-state index in [1.807, 2.05) is 0 Å². The molecule has 1 aromatic carbocycles. The number of likely N-dealkylation sites (tertiary alicyclic amines) is 1. The van der Waals surface area contributed by atoms with Gasteiger partial charge in [0.2, 0.25) is 0 Å². The molecule has 2 saturated heterocycles. The highest BCUT2D eigenvalue weighted by molar-refractivity contribution is 7.80. The average molecular weight is 308 g/mol. The molecule has 1 aromatic rings. The molecule has 0 saturated carbocycles. The number of carbonyl (C=O) groups is 2. The van der Waals surface area contributed by atoms with E-state index in [0.29, 0.717) is 18.4 Å². The summed E-state index contributed by atoms with van der Waals surface area (Å²) in [5, 5.41) is 0. The number of hydrogen-bond donors (Lipinski definition) is 1. The predicted molar refractivity (Wildman–Crippen MR) is 75.7 cm³/mol. The van der Waals surface area contributed by atoms with Gasteiger partial charge in [-0.2, -0.15) is 0 Å². The zero-order valence-corrected chi connectivity index (χ0v) is 11.9. The Bertz CT molecular complexity index is 627. The molecule has 5 nitrogen and oxygen atoms in total. The fraction of sp³-hybridized carbons (Fsp3) is 0.357. The van der Waals surface area contributed by atoms with Crippen molar-refractivity contribution in [2.24, 2.45) is 5.73 Å². The van der Waals surface area contributed by atoms with Gasteiger partial charge in [-0.1, -0.05) is 24.4 Å². The number of nitrogens with zero attached hydrogens (tertiary/aromatic N) is 1. The lowest BCUT2D eigenvalue weighted by atomic mass is 10.1. The summed E-state index contributed by atoms with van der Waals surface area (Å²) in [5.74, 6) is -1.34. The van der Waals surface area contributed by atoms with Crippen LogP contribution in [0.2, 0.25) is 0 Å². The van der Waals surface area contributed by atoms with Gasteiger partial charge in [0, 0.05) is 11.1 Å². The molecule has 2 aliphatic heterocycles. The van der Waals surface area contributed by atoms with Crippen molar-refractivity contribution in [2.45, 2.75) is 31.6 Å². The van der Waals surface area contributed by atoms with E-state index in [0.717, 1.165) is 4.90 Å². The van der Waals surface area contributed by atoms with Crippen LogP contribution in [0.25, 0.3) is 0 Å². The Morgan fingerprint density at radius 1 is 1.33 bits per heavy atom. The third-order valence-corrected chi connectivity index (χ3v) is 4.00. The summed E-state index contributed by atoms with van der Waals surface area (Å²) < 4.78 is 19.3. The van der Waals surface area contributed by atoms with Gasteiger partial charge in [0.15, 0.2) is 0 Å². The quantitative estimate of drug-likeness (QED) is 0.663. The number of morpholine rings is 1. The van der Waals surface area contributed by atoms with E-state index in [1.54, 1.807) is 6.07 Å². The van der Waals surface area contributed by atoms with Crippen LogP contribution in [0, 0.1) is 5.82 Å². The molecule has 0 radical (unpaired) electrons. The lowest BCUT2D eigenvalue weighted by Crippen LogP contribution is -2.51. The van der Waals surface area contributed by atoms with Gasteiger partial charge in [-0.3, -0.25) is 14.5 Å². The topological polar surface area (TPSA) is 72.6 Å². The van der Waals surface area contributed by atoms with Crippen molar-refractivity contribution in [1.29, 1.82) is 0 Å². The predicted octanol–water partition coefficient (Wildman–Crippen LogP) is 0.876. The van der Waals surface area contributed by atoms with Crippen LogP contribution < -0.4 is 5.73 Å². The highest BCUT2D eigenvalue weighted by Crippen LogP contribution is 2.29. The molecule has 2 bridgehead atoms. The summed E-state index contributed by atoms with van der Waals surface area (Å²) in [4.78, 5) is 25.4. The molecule has 2 aliphatic rings. The molecular weight excluding hydrogens is 295 g/mol. The standard InChI is InChI=1S/C14H13FN2O3S/c15-9-5-7(12(16)21)1-2-8(9)6-17-13(18)10-3-4-11(20-10)14(17)19/h1-2,5,10-11H,3-4,6H2,(H2,16,21). The Labute approximate surface area is 125 Å². The monoisotopic (exact) mass is 308 g/mol. The van der Waals surface area contributed by atoms with Gasteiger partial charge in [0.05, 0.1) is 6.54 Å². The summed E-state index contributed by atoms with van der Waals surface area (Å²) in [6, 6.07) is 4.27. The van der Waals surface area contributed by atoms with E-state index >= 15 is 0 Å². The summed E-state index contributed by atoms with van der Waals surface area (Å²) in [7, 11) is 0. The molecule has 21 heavy (non-hydrogen) atoms. The SMILES string of the molecule is NC(=S)c1ccc(CN2C(=O)C3CCC(O3)C2=O)c(F)c1. The van der Waals surface area contributed by atoms with Crippen LogP contribution in [-0.4, -0.2) is 33.9 Å². The lowest BCUT2D eigenvalue weighted by Gasteiger charge is -2.30. The Kier molecular flexibility index (Phi) is 3.46. The largest absolute Gasteiger partial charge is 0.389 e. The van der Waals surface area contributed by atoms with Crippen LogP contribution in [0.3, 0.4) is 0 Å². The molecule has 2 atom stereocenters. The van der Waals surface area contributed by atoms with Gasteiger partial charge in [0.1, 0.15) is 23.0 Å². The first-order valence-corrected chi connectivity index (χ1v) is 6.97. The normalized spacial score (nSPS) is 24.5. The molecule has 2 fully saturated rings. The number of imide groups is 1. The Morgan fingerprint density at radius 3 is 2.48 bits per heavy atom. The van der Waals surface area contributed by atoms with Gasteiger partial charge in [0.25, 0.3) is 11.8 Å². The van der Waals surface area contributed by atoms with Crippen molar-refractivity contribution in [1.82, 2.24) is 4.90 Å². The van der Waals surface area contributed by atoms with E-state index in [2.05, 4.69) is 0 Å². The molecule has 2 heterocycles. The van der Waals surface area contributed by atoms with E-state index in [4.69, 9.17) is 22.7 Å². The van der Waals surface area contributed by atoms with Gasteiger partial charge < -0.3 is 10.5 Å². The third-order valence-electron chi connectivity index (χ3n) is 3.77. The van der Waals surface area contributed by atoms with Gasteiger partial charge >= 0.3 is 0 Å². The van der Waals surface area contributed by atoms with Crippen LogP contribution in [-0.2, 0) is 20.9 Å². The second kappa shape index (κ2) is 5.16. The first-order chi connectivity index (χ1) is 9.97. The maximum atomic E-state index is 14.0. The highest BCUT2D eigenvalue weighted by atomic mass is 32.1. The molecule has 2 N–H and O–H groups in total. The zero-order chi connectivity index (χ0) is 15.1. The van der Waals surface area contributed by atoms with Crippen LogP contribution in [0.4, 0.5) is 4.39 Å². The minimum Gasteiger partial charge on any atom is -0.389 e. The Morgan fingerprint density at radius 2 is 1.95 bits per heavy atom. The minimum atomic E-state index is -0.577. The molecule has 0 aliphatic carbocycles. The number of thiocarbonyl (C=S) groups is 1. The number of carbonyl (C=O) groups excluding carboxylic acids is 2. The van der Waals surface area contributed by atoms with Gasteiger partial charge in [-0.25, -0.2) is 4.39 Å². The average Bonchev–Trinajstić information content (AvgIpc) is 2.90. The van der Waals surface area contributed by atoms with Crippen molar-refractivity contribution in [3.63, 3.8) is 0 Å². The van der Waals surface area contributed by atoms with E-state index in [-0.39, 0.29) is 17.1 Å². The number of halogens is 1. The van der Waals surface area contributed by atoms with Crippen LogP contribution >= 0.6 is 12.2 Å². The number of ether oxygens (including phenoxy) is 1. The smallest absolute Gasteiger partial charge is 0.258 e. The molecule has 0 aromatic heterocycles. The number of hydrogen-bond acceptors (Lipinski definition) is 4. The van der Waals surface area contributed by atoms with Crippen LogP contribution in [0.5, 0.6) is 0 Å². The Balaban J connectivity index is 1.84. The minimum absolute atomic E-state index is 0.0945. The second-order valence-corrected chi connectivity index (χ2v) is 5.56. The maximum Gasteiger partial charge on any atom is 0.258 e. The van der Waals surface area contributed by atoms with Crippen LogP contribution in [0.15, 0.2) is 18.2 Å². The first-order valence-electron chi connectivity index (χ1n) is 6.56. The molecule has 3 rings (SSSR count). The summed E-state index contributed by atoms with van der Waals surface area (Å²) >= 11 is 4.78. The van der Waals surface area contributed by atoms with Crippen molar-refractivity contribution < 1.29 is 18.7 Å². The summed E-state index contributed by atoms with van der Waals surface area (Å²) in [6.07, 6.45) is -0.0817. The van der Waals surface area contributed by atoms with Crippen LogP contribution in [0.1, 0.15) is 24.0 Å². The number of benzene rings is 1. The number of nitrogens with two attached hydrogens (primary N) is 1. The van der Waals surface area contributed by atoms with Crippen molar-refractivity contribution in [3.8, 4) is 0 Å². The van der Waals surface area contributed by atoms with Crippen molar-refractivity contribution >= 4 is 29.0 Å². The van der Waals surface area contributed by atoms with Crippen molar-refractivity contribution in [2.75, 3.05) is 0 Å². The highest BCUT2D eigenvalue weighted by Gasteiger charge is 2.46. The third kappa shape index (κ3) is 2.43. The molecular formula is C14H13FN2O3S. The number of amides is 2. The van der Waals surface area contributed by atoms with Crippen molar-refractivity contribution in [3.05, 3.63) is 35.1 Å². The molecule has 2 amide bonds. The summed E-state index contributed by atoms with van der Waals surface area (Å²) in [5.41, 5.74) is 6.09. The second-order valence-electron chi connectivity index (χ2n) is 5.12. The molecule has 0 spiro atoms. The van der Waals surface area contributed by atoms with Gasteiger partial charge in [-0.15, -0.1) is 0 Å². The fourth-order valence-corrected chi connectivity index (χ4v) is 2.74. The zero-order valence-electron chi connectivity index (χ0n) is 11.0. The number of rotatable bonds is 3. The maximum absolute atomic E-state index is 14.0. The molecule has 2 unspecified atom stereocenters. The lowest BCUT2D eigenvalue weighted by molar-refractivity contribution is -0.169. The van der Waals surface area contributed by atoms with E-state index < -0.39 is 29.8 Å². The van der Waals surface area contributed by atoms with Gasteiger partial charge in [-0.05, 0) is 18.9 Å². The first kappa shape index (κ1) is 14.1.